The molecule has 0 heterocycles. The van der Waals surface area contributed by atoms with Crippen molar-refractivity contribution in [2.75, 3.05) is 0 Å². The molecule has 100 valence electrons. The smallest absolute Gasteiger partial charge is 0.0833 e. The molecule has 1 nitrogen and oxygen atoms in total. The Labute approximate surface area is 127 Å². The highest BCUT2D eigenvalue weighted by Gasteiger charge is 2.13. The maximum absolute atomic E-state index is 10.4. The molecule has 2 aromatic carbocycles. The summed E-state index contributed by atoms with van der Waals surface area (Å²) in [4.78, 5) is 0. The van der Waals surface area contributed by atoms with Crippen LogP contribution in [0.5, 0.6) is 0 Å². The van der Waals surface area contributed by atoms with Gasteiger partial charge in [0.15, 0.2) is 0 Å². The Hall–Kier alpha value is -0.830. The third-order valence-corrected chi connectivity index (χ3v) is 4.31. The number of halogens is 2. The summed E-state index contributed by atoms with van der Waals surface area (Å²) in [6.45, 7) is 4.04. The van der Waals surface area contributed by atoms with E-state index in [-0.39, 0.29) is 0 Å². The Bertz CT molecular complexity index is 595. The zero-order valence-corrected chi connectivity index (χ0v) is 13.3. The van der Waals surface area contributed by atoms with Crippen LogP contribution in [0, 0.1) is 13.8 Å². The summed E-state index contributed by atoms with van der Waals surface area (Å²) in [5.41, 5.74) is 4.23. The average Bonchev–Trinajstić information content (AvgIpc) is 2.33. The van der Waals surface area contributed by atoms with Crippen molar-refractivity contribution in [3.05, 3.63) is 68.1 Å². The van der Waals surface area contributed by atoms with E-state index < -0.39 is 6.10 Å². The van der Waals surface area contributed by atoms with Gasteiger partial charge < -0.3 is 5.11 Å². The van der Waals surface area contributed by atoms with Crippen LogP contribution in [0.3, 0.4) is 0 Å². The molecule has 1 unspecified atom stereocenters. The Morgan fingerprint density at radius 2 is 1.89 bits per heavy atom. The van der Waals surface area contributed by atoms with Gasteiger partial charge >= 0.3 is 0 Å². The SMILES string of the molecule is Cc1cc(C(O)Cc2cccc(Cl)c2)c(C)cc1Br. The quantitative estimate of drug-likeness (QED) is 0.834. The number of hydrogen-bond acceptors (Lipinski definition) is 1. The maximum atomic E-state index is 10.4. The van der Waals surface area contributed by atoms with Crippen LogP contribution in [0.1, 0.15) is 28.4 Å². The molecule has 19 heavy (non-hydrogen) atoms. The molecule has 2 rings (SSSR count). The minimum absolute atomic E-state index is 0.509. The van der Waals surface area contributed by atoms with E-state index in [9.17, 15) is 5.11 Å². The second-order valence-corrected chi connectivity index (χ2v) is 6.10. The minimum Gasteiger partial charge on any atom is -0.388 e. The van der Waals surface area contributed by atoms with Crippen LogP contribution in [0.15, 0.2) is 40.9 Å². The van der Waals surface area contributed by atoms with E-state index in [1.807, 2.05) is 50.2 Å². The molecule has 1 N–H and O–H groups in total. The molecule has 1 atom stereocenters. The van der Waals surface area contributed by atoms with Gasteiger partial charge in [0.1, 0.15) is 0 Å². The van der Waals surface area contributed by atoms with Crippen molar-refractivity contribution in [2.24, 2.45) is 0 Å². The molecule has 3 heteroatoms. The van der Waals surface area contributed by atoms with Gasteiger partial charge in [0.2, 0.25) is 0 Å². The van der Waals surface area contributed by atoms with Crippen molar-refractivity contribution < 1.29 is 5.11 Å². The van der Waals surface area contributed by atoms with Crippen LogP contribution in [-0.4, -0.2) is 5.11 Å². The lowest BCUT2D eigenvalue weighted by molar-refractivity contribution is 0.177. The first-order valence-corrected chi connectivity index (χ1v) is 7.33. The largest absolute Gasteiger partial charge is 0.388 e. The molecular weight excluding hydrogens is 324 g/mol. The van der Waals surface area contributed by atoms with Gasteiger partial charge in [0, 0.05) is 15.9 Å². The lowest BCUT2D eigenvalue weighted by Gasteiger charge is -2.16. The van der Waals surface area contributed by atoms with Gasteiger partial charge in [-0.15, -0.1) is 0 Å². The second-order valence-electron chi connectivity index (χ2n) is 4.81. The normalized spacial score (nSPS) is 12.5. The topological polar surface area (TPSA) is 20.2 Å². The van der Waals surface area contributed by atoms with Crippen molar-refractivity contribution in [3.8, 4) is 0 Å². The molecule has 0 aromatic heterocycles. The molecule has 0 aliphatic carbocycles. The Morgan fingerprint density at radius 3 is 2.58 bits per heavy atom. The van der Waals surface area contributed by atoms with Crippen molar-refractivity contribution in [1.29, 1.82) is 0 Å². The first-order valence-electron chi connectivity index (χ1n) is 6.16. The van der Waals surface area contributed by atoms with Gasteiger partial charge in [-0.2, -0.15) is 0 Å². The van der Waals surface area contributed by atoms with E-state index in [1.165, 1.54) is 0 Å². The highest BCUT2D eigenvalue weighted by Crippen LogP contribution is 2.27. The van der Waals surface area contributed by atoms with Crippen molar-refractivity contribution in [3.63, 3.8) is 0 Å². The summed E-state index contributed by atoms with van der Waals surface area (Å²) in [6, 6.07) is 11.7. The molecule has 0 bridgehead atoms. The molecule has 0 saturated heterocycles. The highest BCUT2D eigenvalue weighted by atomic mass is 79.9. The van der Waals surface area contributed by atoms with Gasteiger partial charge in [-0.1, -0.05) is 45.7 Å². The van der Waals surface area contributed by atoms with E-state index in [1.54, 1.807) is 0 Å². The fourth-order valence-corrected chi connectivity index (χ4v) is 2.83. The Kier molecular flexibility index (Phi) is 4.67. The first-order chi connectivity index (χ1) is 8.97. The van der Waals surface area contributed by atoms with Gasteiger partial charge in [0.25, 0.3) is 0 Å². The van der Waals surface area contributed by atoms with E-state index in [0.29, 0.717) is 11.4 Å². The predicted octanol–water partition coefficient (Wildman–Crippen LogP) is 5.00. The standard InChI is InChI=1S/C16H16BrClO/c1-10-7-15(17)11(2)6-14(10)16(19)9-12-4-3-5-13(18)8-12/h3-8,16,19H,9H2,1-2H3. The second kappa shape index (κ2) is 6.08. The summed E-state index contributed by atoms with van der Waals surface area (Å²) >= 11 is 9.47. The molecule has 0 radical (unpaired) electrons. The highest BCUT2D eigenvalue weighted by molar-refractivity contribution is 9.10. The lowest BCUT2D eigenvalue weighted by Crippen LogP contribution is -2.04. The molecule has 0 fully saturated rings. The van der Waals surface area contributed by atoms with Crippen molar-refractivity contribution >= 4 is 27.5 Å². The van der Waals surface area contributed by atoms with Crippen LogP contribution >= 0.6 is 27.5 Å². The molecule has 0 spiro atoms. The number of aliphatic hydroxyl groups is 1. The van der Waals surface area contributed by atoms with E-state index in [4.69, 9.17) is 11.6 Å². The van der Waals surface area contributed by atoms with Crippen molar-refractivity contribution in [2.45, 2.75) is 26.4 Å². The zero-order chi connectivity index (χ0) is 14.0. The summed E-state index contributed by atoms with van der Waals surface area (Å²) in [5.74, 6) is 0. The molecule has 0 aliphatic heterocycles. The minimum atomic E-state index is -0.509. The monoisotopic (exact) mass is 338 g/mol. The number of hydrogen-bond donors (Lipinski definition) is 1. The van der Waals surface area contributed by atoms with Crippen LogP contribution in [-0.2, 0) is 6.42 Å². The third-order valence-electron chi connectivity index (χ3n) is 3.22. The average molecular weight is 340 g/mol. The van der Waals surface area contributed by atoms with E-state index >= 15 is 0 Å². The van der Waals surface area contributed by atoms with Gasteiger partial charge in [0.05, 0.1) is 6.10 Å². The molecule has 0 aliphatic rings. The third kappa shape index (κ3) is 3.59. The zero-order valence-electron chi connectivity index (χ0n) is 11.0. The van der Waals surface area contributed by atoms with Gasteiger partial charge in [-0.05, 0) is 54.3 Å². The Balaban J connectivity index is 2.25. The number of aryl methyl sites for hydroxylation is 2. The number of rotatable bonds is 3. The Morgan fingerprint density at radius 1 is 1.16 bits per heavy atom. The summed E-state index contributed by atoms with van der Waals surface area (Å²) < 4.78 is 1.07. The van der Waals surface area contributed by atoms with Crippen LogP contribution in [0.4, 0.5) is 0 Å². The van der Waals surface area contributed by atoms with Gasteiger partial charge in [-0.25, -0.2) is 0 Å². The van der Waals surface area contributed by atoms with Crippen LogP contribution in [0.25, 0.3) is 0 Å². The van der Waals surface area contributed by atoms with Gasteiger partial charge in [-0.3, -0.25) is 0 Å². The van der Waals surface area contributed by atoms with Crippen LogP contribution in [0.2, 0.25) is 5.02 Å². The molecule has 2 aromatic rings. The van der Waals surface area contributed by atoms with Crippen LogP contribution < -0.4 is 0 Å². The summed E-state index contributed by atoms with van der Waals surface area (Å²) in [7, 11) is 0. The fourth-order valence-electron chi connectivity index (χ4n) is 2.16. The maximum Gasteiger partial charge on any atom is 0.0833 e. The summed E-state index contributed by atoms with van der Waals surface area (Å²) in [6.07, 6.45) is 0.0629. The first kappa shape index (κ1) is 14.6. The predicted molar refractivity (Wildman–Crippen MR) is 83.7 cm³/mol. The lowest BCUT2D eigenvalue weighted by atomic mass is 9.96. The fraction of sp³-hybridized carbons (Fsp3) is 0.250. The van der Waals surface area contributed by atoms with E-state index in [0.717, 1.165) is 26.7 Å². The molecule has 0 amide bonds. The van der Waals surface area contributed by atoms with Crippen molar-refractivity contribution in [1.82, 2.24) is 0 Å². The molecular formula is C16H16BrClO. The number of aliphatic hydroxyl groups excluding tert-OH is 1. The summed E-state index contributed by atoms with van der Waals surface area (Å²) in [5, 5.41) is 11.1. The molecule has 0 saturated carbocycles. The number of benzene rings is 2. The van der Waals surface area contributed by atoms with E-state index in [2.05, 4.69) is 15.9 Å².